The number of nitrogens with zero attached hydrogens (tertiary/aromatic N) is 1. The van der Waals surface area contributed by atoms with E-state index in [1.807, 2.05) is 0 Å². The van der Waals surface area contributed by atoms with Crippen molar-refractivity contribution in [3.05, 3.63) is 0 Å². The van der Waals surface area contributed by atoms with E-state index in [4.69, 9.17) is 4.74 Å². The summed E-state index contributed by atoms with van der Waals surface area (Å²) in [5.74, 6) is 0. The van der Waals surface area contributed by atoms with Crippen LogP contribution in [0.5, 0.6) is 0 Å². The summed E-state index contributed by atoms with van der Waals surface area (Å²) < 4.78 is 5.18. The van der Waals surface area contributed by atoms with E-state index in [1.54, 1.807) is 0 Å². The third kappa shape index (κ3) is 1.50. The molecule has 2 nitrogen and oxygen atoms in total. The van der Waals surface area contributed by atoms with Crippen LogP contribution in [0.4, 0.5) is 0 Å². The van der Waals surface area contributed by atoms with Gasteiger partial charge in [0.25, 0.3) is 0 Å². The van der Waals surface area contributed by atoms with Gasteiger partial charge in [-0.25, -0.2) is 0 Å². The van der Waals surface area contributed by atoms with Crippen molar-refractivity contribution in [2.24, 2.45) is 0 Å². The fraction of sp³-hybridized carbons (Fsp3) is 1.00. The van der Waals surface area contributed by atoms with Crippen LogP contribution in [-0.4, -0.2) is 36.7 Å². The zero-order valence-electron chi connectivity index (χ0n) is 6.55. The van der Waals surface area contributed by atoms with Gasteiger partial charge in [0.2, 0.25) is 0 Å². The summed E-state index contributed by atoms with van der Waals surface area (Å²) in [7, 11) is 0. The van der Waals surface area contributed by atoms with Crippen molar-refractivity contribution in [1.29, 1.82) is 0 Å². The largest absolute Gasteiger partial charge is 0.372 e. The fourth-order valence-corrected chi connectivity index (χ4v) is 1.41. The van der Waals surface area contributed by atoms with E-state index in [1.165, 1.54) is 25.9 Å². The van der Waals surface area contributed by atoms with Crippen LogP contribution in [0.2, 0.25) is 0 Å². The maximum Gasteiger partial charge on any atom is 0.0936 e. The van der Waals surface area contributed by atoms with Crippen molar-refractivity contribution < 1.29 is 4.74 Å². The van der Waals surface area contributed by atoms with Gasteiger partial charge in [-0.05, 0) is 19.4 Å². The summed E-state index contributed by atoms with van der Waals surface area (Å²) >= 11 is 0. The second-order valence-electron chi connectivity index (χ2n) is 3.27. The van der Waals surface area contributed by atoms with Crippen LogP contribution in [-0.2, 0) is 4.74 Å². The molecule has 1 atom stereocenters. The fourth-order valence-electron chi connectivity index (χ4n) is 1.41. The Morgan fingerprint density at radius 3 is 2.60 bits per heavy atom. The van der Waals surface area contributed by atoms with E-state index in [2.05, 4.69) is 11.8 Å². The predicted molar refractivity (Wildman–Crippen MR) is 40.0 cm³/mol. The highest BCUT2D eigenvalue weighted by molar-refractivity contribution is 4.87. The first kappa shape index (κ1) is 6.62. The normalized spacial score (nSPS) is 31.2. The Kier molecular flexibility index (Phi) is 1.66. The summed E-state index contributed by atoms with van der Waals surface area (Å²) in [6.45, 7) is 5.62. The maximum absolute atomic E-state index is 5.18. The molecule has 0 radical (unpaired) electrons. The minimum Gasteiger partial charge on any atom is -0.372 e. The van der Waals surface area contributed by atoms with Gasteiger partial charge in [0.1, 0.15) is 0 Å². The molecule has 2 rings (SSSR count). The Hall–Kier alpha value is -0.0800. The molecule has 1 aliphatic carbocycles. The van der Waals surface area contributed by atoms with Gasteiger partial charge in [0.15, 0.2) is 0 Å². The van der Waals surface area contributed by atoms with Crippen LogP contribution in [0.25, 0.3) is 0 Å². The van der Waals surface area contributed by atoms with E-state index in [0.717, 1.165) is 12.6 Å². The van der Waals surface area contributed by atoms with Gasteiger partial charge in [-0.1, -0.05) is 6.92 Å². The summed E-state index contributed by atoms with van der Waals surface area (Å²) in [6.07, 6.45) is 3.42. The zero-order valence-corrected chi connectivity index (χ0v) is 6.55. The minimum absolute atomic E-state index is 0.584. The highest BCUT2D eigenvalue weighted by Crippen LogP contribution is 2.27. The van der Waals surface area contributed by atoms with Gasteiger partial charge in [0.05, 0.1) is 12.7 Å². The van der Waals surface area contributed by atoms with Crippen LogP contribution in [0, 0.1) is 0 Å². The lowest BCUT2D eigenvalue weighted by Crippen LogP contribution is -2.29. The molecule has 0 N–H and O–H groups in total. The smallest absolute Gasteiger partial charge is 0.0936 e. The Balaban J connectivity index is 1.73. The van der Waals surface area contributed by atoms with Crippen molar-refractivity contribution in [3.63, 3.8) is 0 Å². The number of hydrogen-bond acceptors (Lipinski definition) is 2. The molecule has 0 bridgehead atoms. The summed E-state index contributed by atoms with van der Waals surface area (Å²) in [6, 6.07) is 0.911. The topological polar surface area (TPSA) is 15.8 Å². The van der Waals surface area contributed by atoms with Crippen molar-refractivity contribution >= 4 is 0 Å². The molecule has 0 unspecified atom stereocenters. The molecule has 1 aliphatic heterocycles. The first-order valence-electron chi connectivity index (χ1n) is 4.26. The van der Waals surface area contributed by atoms with Gasteiger partial charge in [-0.2, -0.15) is 0 Å². The SMILES string of the molecule is CCN(C[C@@H]1CO1)C1CC1. The molecule has 0 aromatic carbocycles. The molecule has 0 aromatic rings. The molecule has 0 spiro atoms. The van der Waals surface area contributed by atoms with Crippen LogP contribution >= 0.6 is 0 Å². The molecule has 58 valence electrons. The van der Waals surface area contributed by atoms with E-state index >= 15 is 0 Å². The van der Waals surface area contributed by atoms with Gasteiger partial charge in [-0.15, -0.1) is 0 Å². The van der Waals surface area contributed by atoms with E-state index < -0.39 is 0 Å². The molecular formula is C8H15NO. The summed E-state index contributed by atoms with van der Waals surface area (Å²) in [5.41, 5.74) is 0. The van der Waals surface area contributed by atoms with E-state index in [9.17, 15) is 0 Å². The van der Waals surface area contributed by atoms with Crippen molar-refractivity contribution in [1.82, 2.24) is 4.90 Å². The number of likely N-dealkylation sites (N-methyl/N-ethyl adjacent to an activating group) is 1. The average Bonchev–Trinajstić information content (AvgIpc) is 2.76. The van der Waals surface area contributed by atoms with Crippen LogP contribution in [0.3, 0.4) is 0 Å². The standard InChI is InChI=1S/C8H15NO/c1-2-9(7-3-4-7)5-8-6-10-8/h7-8H,2-6H2,1H3/t8-/m1/s1. The van der Waals surface area contributed by atoms with Crippen LogP contribution in [0.15, 0.2) is 0 Å². The molecular weight excluding hydrogens is 126 g/mol. The Labute approximate surface area is 62.2 Å². The maximum atomic E-state index is 5.18. The zero-order chi connectivity index (χ0) is 6.97. The lowest BCUT2D eigenvalue weighted by molar-refractivity contribution is 0.244. The Morgan fingerprint density at radius 2 is 2.20 bits per heavy atom. The molecule has 1 saturated heterocycles. The van der Waals surface area contributed by atoms with Crippen molar-refractivity contribution in [3.8, 4) is 0 Å². The van der Waals surface area contributed by atoms with Gasteiger partial charge >= 0.3 is 0 Å². The second kappa shape index (κ2) is 2.51. The molecule has 1 heterocycles. The molecule has 2 heteroatoms. The predicted octanol–water partition coefficient (Wildman–Crippen LogP) is 0.869. The number of hydrogen-bond donors (Lipinski definition) is 0. The minimum atomic E-state index is 0.584. The molecule has 1 saturated carbocycles. The number of ether oxygens (including phenoxy) is 1. The van der Waals surface area contributed by atoms with Crippen molar-refractivity contribution in [2.45, 2.75) is 31.9 Å². The lowest BCUT2D eigenvalue weighted by atomic mass is 10.4. The highest BCUT2D eigenvalue weighted by Gasteiger charge is 2.33. The molecule has 10 heavy (non-hydrogen) atoms. The van der Waals surface area contributed by atoms with Crippen molar-refractivity contribution in [2.75, 3.05) is 19.7 Å². The van der Waals surface area contributed by atoms with Gasteiger partial charge in [-0.3, -0.25) is 4.90 Å². The van der Waals surface area contributed by atoms with Gasteiger partial charge in [0, 0.05) is 12.6 Å². The quantitative estimate of drug-likeness (QED) is 0.540. The lowest BCUT2D eigenvalue weighted by Gasteiger charge is -2.17. The van der Waals surface area contributed by atoms with E-state index in [0.29, 0.717) is 6.10 Å². The third-order valence-electron chi connectivity index (χ3n) is 2.31. The molecule has 2 aliphatic rings. The molecule has 0 amide bonds. The Bertz CT molecular complexity index is 118. The number of rotatable bonds is 4. The monoisotopic (exact) mass is 141 g/mol. The average molecular weight is 141 g/mol. The first-order chi connectivity index (χ1) is 4.90. The Morgan fingerprint density at radius 1 is 1.50 bits per heavy atom. The van der Waals surface area contributed by atoms with Gasteiger partial charge < -0.3 is 4.74 Å². The summed E-state index contributed by atoms with van der Waals surface area (Å²) in [5, 5.41) is 0. The second-order valence-corrected chi connectivity index (χ2v) is 3.27. The number of epoxide rings is 1. The highest BCUT2D eigenvalue weighted by atomic mass is 16.6. The third-order valence-corrected chi connectivity index (χ3v) is 2.31. The first-order valence-corrected chi connectivity index (χ1v) is 4.26. The van der Waals surface area contributed by atoms with E-state index in [-0.39, 0.29) is 0 Å². The van der Waals surface area contributed by atoms with Crippen LogP contribution in [0.1, 0.15) is 19.8 Å². The summed E-state index contributed by atoms with van der Waals surface area (Å²) in [4.78, 5) is 2.54. The van der Waals surface area contributed by atoms with Crippen LogP contribution < -0.4 is 0 Å². The molecule has 2 fully saturated rings. The molecule has 0 aromatic heterocycles.